The Morgan fingerprint density at radius 1 is 0.517 bits per heavy atom. The molecule has 3 heterocycles. The molecule has 2 aromatic carbocycles. The Labute approximate surface area is 184 Å². The van der Waals surface area contributed by atoms with E-state index in [-0.39, 0.29) is 0 Å². The Kier molecular flexibility index (Phi) is 3.98. The van der Waals surface area contributed by atoms with E-state index in [0.717, 1.165) is 0 Å². The summed E-state index contributed by atoms with van der Waals surface area (Å²) in [5.74, 6) is 0. The molecule has 0 aliphatic carbocycles. The van der Waals surface area contributed by atoms with Crippen molar-refractivity contribution in [3.63, 3.8) is 0 Å². The third-order valence-corrected chi connectivity index (χ3v) is 45.1. The normalized spacial score (nSPS) is 27.9. The van der Waals surface area contributed by atoms with Crippen LogP contribution >= 0.6 is 0 Å². The van der Waals surface area contributed by atoms with Gasteiger partial charge in [-0.25, -0.2) is 0 Å². The molecule has 0 aromatic heterocycles. The second-order valence-corrected chi connectivity index (χ2v) is 35.6. The molecule has 2 aromatic rings. The van der Waals surface area contributed by atoms with E-state index in [1.807, 2.05) is 20.7 Å². The molecule has 0 saturated carbocycles. The van der Waals surface area contributed by atoms with Crippen molar-refractivity contribution in [2.24, 2.45) is 0 Å². The van der Waals surface area contributed by atoms with Crippen molar-refractivity contribution in [2.45, 2.75) is 73.8 Å². The second kappa shape index (κ2) is 5.65. The van der Waals surface area contributed by atoms with Gasteiger partial charge in [0.25, 0.3) is 0 Å². The minimum atomic E-state index is -1.52. The summed E-state index contributed by atoms with van der Waals surface area (Å²) < 4.78 is 1.33. The molecule has 0 nitrogen and oxygen atoms in total. The van der Waals surface area contributed by atoms with E-state index in [2.05, 4.69) is 101 Å². The first kappa shape index (κ1) is 20.4. The van der Waals surface area contributed by atoms with Crippen LogP contribution in [-0.2, 0) is 0 Å². The van der Waals surface area contributed by atoms with Crippen LogP contribution in [0.15, 0.2) is 48.5 Å². The first-order chi connectivity index (χ1) is 13.4. The van der Waals surface area contributed by atoms with Crippen molar-refractivity contribution in [1.29, 1.82) is 0 Å². The van der Waals surface area contributed by atoms with Gasteiger partial charge in [-0.05, 0) is 0 Å². The van der Waals surface area contributed by atoms with Crippen molar-refractivity contribution >= 4 is 62.6 Å². The average molecular weight is 465 g/mol. The summed E-state index contributed by atoms with van der Waals surface area (Å²) in [6, 6.07) is 19.5. The van der Waals surface area contributed by atoms with Gasteiger partial charge >= 0.3 is 0 Å². The van der Waals surface area contributed by atoms with Gasteiger partial charge in [-0.15, -0.1) is 0 Å². The number of hydrogen-bond donors (Lipinski definition) is 0. The maximum Gasteiger partial charge on any atom is 0.0495 e. The van der Waals surface area contributed by atoms with Crippen molar-refractivity contribution in [3.8, 4) is 0 Å². The molecule has 0 unspecified atom stereocenters. The van der Waals surface area contributed by atoms with Gasteiger partial charge in [-0.2, -0.15) is 8.57 Å². The smallest absolute Gasteiger partial charge is 0.0495 e. The lowest BCUT2D eigenvalue weighted by molar-refractivity contribution is 0.776. The highest BCUT2D eigenvalue weighted by atomic mass is 28.5. The lowest BCUT2D eigenvalue weighted by atomic mass is 10.4. The first-order valence-electron chi connectivity index (χ1n) is 11.4. The maximum absolute atomic E-state index is 2.75. The Morgan fingerprint density at radius 2 is 0.759 bits per heavy atom. The van der Waals surface area contributed by atoms with Crippen LogP contribution in [-0.4, -0.2) is 41.8 Å². The Hall–Kier alpha value is -0.476. The molecule has 2 spiro atoms. The molecule has 5 rings (SSSR count). The Balaban J connectivity index is 1.73. The van der Waals surface area contributed by atoms with E-state index < -0.39 is 32.3 Å². The largest absolute Gasteiger partial charge is 0.425 e. The van der Waals surface area contributed by atoms with Gasteiger partial charge in [-0.3, -0.25) is 0 Å². The van der Waals surface area contributed by atoms with E-state index >= 15 is 0 Å². The van der Waals surface area contributed by atoms with Crippen LogP contribution in [0.3, 0.4) is 0 Å². The standard InChI is InChI=1S/C24H36Si5/c1-26(2)19-13-9-10-14-20(19)27(3,4)23(26)17-18-24(25-23)28(5,6)21-15-11-12-16-22(21)29(24,7)8/h9-16H,17-18H2,1-8H3/q-1. The molecule has 5 heteroatoms. The molecule has 1 radical (unpaired) electrons. The molecule has 1 saturated heterocycles. The van der Waals surface area contributed by atoms with E-state index in [9.17, 15) is 0 Å². The maximum atomic E-state index is 2.75. The van der Waals surface area contributed by atoms with Gasteiger partial charge in [0.1, 0.15) is 0 Å². The fourth-order valence-corrected chi connectivity index (χ4v) is 48.1. The third-order valence-electron chi connectivity index (χ3n) is 10.1. The van der Waals surface area contributed by atoms with E-state index in [1.54, 1.807) is 0 Å². The summed E-state index contributed by atoms with van der Waals surface area (Å²) in [7, 11) is -4.87. The van der Waals surface area contributed by atoms with Crippen LogP contribution in [0.5, 0.6) is 0 Å². The molecule has 0 atom stereocenters. The predicted octanol–water partition coefficient (Wildman–Crippen LogP) is 4.05. The number of rotatable bonds is 0. The fraction of sp³-hybridized carbons (Fsp3) is 0.500. The van der Waals surface area contributed by atoms with E-state index in [1.165, 1.54) is 22.4 Å². The van der Waals surface area contributed by atoms with Crippen molar-refractivity contribution in [3.05, 3.63) is 48.5 Å². The molecule has 3 aliphatic rings. The first-order valence-corrected chi connectivity index (χ1v) is 24.4. The van der Waals surface area contributed by atoms with E-state index in [0.29, 0.717) is 8.57 Å². The number of fused-ring (bicyclic) bond motifs is 2. The van der Waals surface area contributed by atoms with Crippen molar-refractivity contribution < 1.29 is 0 Å². The van der Waals surface area contributed by atoms with Crippen LogP contribution in [0.25, 0.3) is 0 Å². The summed E-state index contributed by atoms with van der Waals surface area (Å²) in [5.41, 5.74) is 0. The van der Waals surface area contributed by atoms with Crippen molar-refractivity contribution in [1.82, 2.24) is 0 Å². The van der Waals surface area contributed by atoms with Gasteiger partial charge in [0.15, 0.2) is 0 Å². The molecular weight excluding hydrogens is 429 g/mol. The van der Waals surface area contributed by atoms with Crippen LogP contribution in [0.2, 0.25) is 60.9 Å². The zero-order valence-electron chi connectivity index (χ0n) is 19.5. The van der Waals surface area contributed by atoms with Gasteiger partial charge in [-0.1, -0.05) is 134 Å². The zero-order chi connectivity index (χ0) is 21.1. The third kappa shape index (κ3) is 2.01. The fourth-order valence-electron chi connectivity index (χ4n) is 8.37. The molecular formula is C24H36Si5-. The molecule has 153 valence electrons. The molecule has 0 bridgehead atoms. The van der Waals surface area contributed by atoms with E-state index in [4.69, 9.17) is 0 Å². The molecule has 0 amide bonds. The molecule has 3 aliphatic heterocycles. The topological polar surface area (TPSA) is 0 Å². The summed E-state index contributed by atoms with van der Waals surface area (Å²) >= 11 is 0. The predicted molar refractivity (Wildman–Crippen MR) is 142 cm³/mol. The van der Waals surface area contributed by atoms with Gasteiger partial charge < -0.3 is 9.52 Å². The lowest BCUT2D eigenvalue weighted by Crippen LogP contribution is -2.63. The summed E-state index contributed by atoms with van der Waals surface area (Å²) in [4.78, 5) is 0. The van der Waals surface area contributed by atoms with Crippen molar-refractivity contribution in [2.75, 3.05) is 0 Å². The molecule has 1 fully saturated rings. The number of hydrogen-bond acceptors (Lipinski definition) is 0. The monoisotopic (exact) mass is 464 g/mol. The van der Waals surface area contributed by atoms with Gasteiger partial charge in [0.05, 0.1) is 0 Å². The van der Waals surface area contributed by atoms with Crippen LogP contribution in [0.1, 0.15) is 12.8 Å². The summed E-state index contributed by atoms with van der Waals surface area (Å²) in [6.45, 7) is 22.0. The lowest BCUT2D eigenvalue weighted by Gasteiger charge is -2.63. The Morgan fingerprint density at radius 3 is 1.00 bits per heavy atom. The van der Waals surface area contributed by atoms with Gasteiger partial charge in [0, 0.05) is 32.3 Å². The zero-order valence-corrected chi connectivity index (χ0v) is 24.5. The minimum Gasteiger partial charge on any atom is -0.425 e. The average Bonchev–Trinajstić information content (AvgIpc) is 3.21. The highest BCUT2D eigenvalue weighted by Gasteiger charge is 2.67. The van der Waals surface area contributed by atoms with Crippen LogP contribution < -0.4 is 20.7 Å². The quantitative estimate of drug-likeness (QED) is 0.516. The summed E-state index contributed by atoms with van der Waals surface area (Å²) in [6.07, 6.45) is 3.05. The highest BCUT2D eigenvalue weighted by molar-refractivity contribution is 7.30. The number of benzene rings is 2. The second-order valence-electron chi connectivity index (χ2n) is 12.0. The Bertz CT molecular complexity index is 866. The SMILES string of the molecule is C[Si]1(C)c2ccccc2[Si](C)(C)C12CCC1([Si-]2)[Si](C)(C)c2ccccc2[Si]1(C)C. The van der Waals surface area contributed by atoms with Gasteiger partial charge in [0.2, 0.25) is 0 Å². The minimum absolute atomic E-state index is 0.667. The van der Waals surface area contributed by atoms with Crippen LogP contribution in [0, 0.1) is 0 Å². The highest BCUT2D eigenvalue weighted by Crippen LogP contribution is 2.68. The molecule has 29 heavy (non-hydrogen) atoms. The van der Waals surface area contributed by atoms with Crippen LogP contribution in [0.4, 0.5) is 0 Å². The summed E-state index contributed by atoms with van der Waals surface area (Å²) in [5, 5.41) is 7.32. The molecule has 0 N–H and O–H groups in total.